The molecule has 1 aliphatic rings. The predicted octanol–water partition coefficient (Wildman–Crippen LogP) is 6.90. The van der Waals surface area contributed by atoms with E-state index in [0.717, 1.165) is 48.4 Å². The first-order valence-corrected chi connectivity index (χ1v) is 16.6. The van der Waals surface area contributed by atoms with Crippen molar-refractivity contribution < 1.29 is 21.9 Å². The summed E-state index contributed by atoms with van der Waals surface area (Å²) in [5, 5.41) is -0.362. The lowest BCUT2D eigenvalue weighted by molar-refractivity contribution is 0.0373. The molecule has 2 aromatic heterocycles. The minimum absolute atomic E-state index is 0.125. The van der Waals surface area contributed by atoms with Crippen LogP contribution in [0.15, 0.2) is 76.8 Å². The molecule has 4 aromatic rings. The van der Waals surface area contributed by atoms with Gasteiger partial charge in [-0.25, -0.2) is 27.2 Å². The molecule has 0 saturated heterocycles. The van der Waals surface area contributed by atoms with Crippen LogP contribution in [-0.4, -0.2) is 28.7 Å². The number of halogens is 2. The number of hydrogen-bond donors (Lipinski definition) is 0. The highest BCUT2D eigenvalue weighted by Gasteiger charge is 2.24. The van der Waals surface area contributed by atoms with Crippen LogP contribution >= 0.6 is 0 Å². The summed E-state index contributed by atoms with van der Waals surface area (Å²) >= 11 is 0. The van der Waals surface area contributed by atoms with Crippen LogP contribution in [0.1, 0.15) is 67.0 Å². The maximum atomic E-state index is 14.8. The van der Waals surface area contributed by atoms with Gasteiger partial charge in [-0.05, 0) is 80.0 Å². The van der Waals surface area contributed by atoms with E-state index < -0.39 is 27.3 Å². The number of pyridine rings is 1. The Balaban J connectivity index is 1.37. The lowest BCUT2D eigenvalue weighted by Crippen LogP contribution is -2.27. The zero-order valence-corrected chi connectivity index (χ0v) is 25.8. The van der Waals surface area contributed by atoms with Crippen molar-refractivity contribution in [3.8, 4) is 11.3 Å². The Hall–Kier alpha value is -3.76. The van der Waals surface area contributed by atoms with Gasteiger partial charge in [0.15, 0.2) is 5.82 Å². The van der Waals surface area contributed by atoms with Crippen molar-refractivity contribution >= 4 is 9.84 Å². The Kier molecular flexibility index (Phi) is 10.0. The summed E-state index contributed by atoms with van der Waals surface area (Å²) in [7, 11) is -3.98. The third kappa shape index (κ3) is 7.84. The minimum Gasteiger partial charge on any atom is -0.369 e. The summed E-state index contributed by atoms with van der Waals surface area (Å²) in [5.41, 5.74) is 2.62. The molecule has 2 aromatic carbocycles. The number of sulfone groups is 1. The largest absolute Gasteiger partial charge is 0.369 e. The minimum atomic E-state index is -3.98. The van der Waals surface area contributed by atoms with Crippen molar-refractivity contribution in [2.75, 3.05) is 5.75 Å². The van der Waals surface area contributed by atoms with Crippen LogP contribution in [0, 0.1) is 31.4 Å². The predicted molar refractivity (Wildman–Crippen MR) is 165 cm³/mol. The van der Waals surface area contributed by atoms with Gasteiger partial charge in [-0.3, -0.25) is 4.79 Å². The zero-order chi connectivity index (χ0) is 31.3. The monoisotopic (exact) mass is 621 g/mol. The average Bonchev–Trinajstić information content (AvgIpc) is 3.01. The first-order valence-electron chi connectivity index (χ1n) is 15.0. The molecule has 1 fully saturated rings. The molecule has 1 aliphatic carbocycles. The summed E-state index contributed by atoms with van der Waals surface area (Å²) in [6.07, 6.45) is 6.47. The fraction of sp³-hybridized carbons (Fsp3) is 0.382. The van der Waals surface area contributed by atoms with E-state index in [1.165, 1.54) is 23.1 Å². The van der Waals surface area contributed by atoms with Crippen LogP contribution in [0.5, 0.6) is 0 Å². The molecule has 2 heterocycles. The molecule has 1 saturated carbocycles. The number of nitrogens with zero attached hydrogens (tertiary/aromatic N) is 3. The number of ether oxygens (including phenoxy) is 1. The quantitative estimate of drug-likeness (QED) is 0.169. The first-order chi connectivity index (χ1) is 21.1. The van der Waals surface area contributed by atoms with Crippen molar-refractivity contribution in [2.24, 2.45) is 5.92 Å². The van der Waals surface area contributed by atoms with E-state index in [9.17, 15) is 22.0 Å². The Morgan fingerprint density at radius 3 is 2.45 bits per heavy atom. The van der Waals surface area contributed by atoms with Gasteiger partial charge in [-0.15, -0.1) is 0 Å². The highest BCUT2D eigenvalue weighted by Crippen LogP contribution is 2.28. The second-order valence-corrected chi connectivity index (χ2v) is 13.6. The van der Waals surface area contributed by atoms with E-state index in [4.69, 9.17) is 4.74 Å². The smallest absolute Gasteiger partial charge is 0.286 e. The molecule has 0 N–H and O–H groups in total. The number of aryl methyl sites for hydroxylation is 2. The molecule has 7 nitrogen and oxygen atoms in total. The summed E-state index contributed by atoms with van der Waals surface area (Å²) in [5.74, 6) is -1.24. The maximum Gasteiger partial charge on any atom is 0.286 e. The van der Waals surface area contributed by atoms with Gasteiger partial charge in [0.25, 0.3) is 5.56 Å². The standard InChI is InChI=1S/C34H37F2N3O4S/c1-23-17-29(35)14-13-27(23)22-43-32(26-11-7-4-8-12-26)15-16-44(41,42)34-37-24(2)18-31(38-34)28-19-30(36)33(40)39(21-28)20-25-9-5-3-6-10-25/h4,7-8,11-14,17-19,21,25,32H,3,5-6,9-10,15-16,20,22H2,1-2H3. The SMILES string of the molecule is Cc1cc(-c2cc(F)c(=O)n(CC3CCCCC3)c2)nc(S(=O)(=O)CCC(OCc2ccc(F)cc2C)c2ccccc2)n1. The van der Waals surface area contributed by atoms with E-state index in [-0.39, 0.29) is 35.4 Å². The van der Waals surface area contributed by atoms with E-state index in [2.05, 4.69) is 9.97 Å². The van der Waals surface area contributed by atoms with Gasteiger partial charge in [0.1, 0.15) is 5.82 Å². The molecular formula is C34H37F2N3O4S. The molecule has 232 valence electrons. The molecule has 0 radical (unpaired) electrons. The van der Waals surface area contributed by atoms with Crippen LogP contribution in [-0.2, 0) is 27.7 Å². The summed E-state index contributed by atoms with van der Waals surface area (Å²) < 4.78 is 63.1. The van der Waals surface area contributed by atoms with E-state index in [0.29, 0.717) is 23.7 Å². The van der Waals surface area contributed by atoms with Gasteiger partial charge in [0.2, 0.25) is 15.0 Å². The molecule has 5 rings (SSSR count). The number of aromatic nitrogens is 3. The Bertz CT molecular complexity index is 1770. The lowest BCUT2D eigenvalue weighted by Gasteiger charge is -2.22. The van der Waals surface area contributed by atoms with E-state index in [1.807, 2.05) is 30.3 Å². The van der Waals surface area contributed by atoms with Crippen molar-refractivity contribution in [3.05, 3.63) is 111 Å². The molecule has 0 bridgehead atoms. The number of benzene rings is 2. The Morgan fingerprint density at radius 1 is 0.977 bits per heavy atom. The van der Waals surface area contributed by atoms with Gasteiger partial charge in [-0.1, -0.05) is 55.7 Å². The Labute approximate surface area is 256 Å². The first kappa shape index (κ1) is 31.7. The van der Waals surface area contributed by atoms with Crippen LogP contribution in [0.25, 0.3) is 11.3 Å². The van der Waals surface area contributed by atoms with Crippen LogP contribution in [0.2, 0.25) is 0 Å². The van der Waals surface area contributed by atoms with Crippen LogP contribution < -0.4 is 5.56 Å². The van der Waals surface area contributed by atoms with Crippen LogP contribution in [0.3, 0.4) is 0 Å². The third-order valence-electron chi connectivity index (χ3n) is 8.19. The van der Waals surface area contributed by atoms with Crippen LogP contribution in [0.4, 0.5) is 8.78 Å². The fourth-order valence-electron chi connectivity index (χ4n) is 5.73. The van der Waals surface area contributed by atoms with Gasteiger partial charge in [0.05, 0.1) is 24.2 Å². The summed E-state index contributed by atoms with van der Waals surface area (Å²) in [6, 6.07) is 16.5. The number of rotatable bonds is 11. The van der Waals surface area contributed by atoms with Gasteiger partial charge >= 0.3 is 0 Å². The molecule has 0 aliphatic heterocycles. The highest BCUT2D eigenvalue weighted by molar-refractivity contribution is 7.91. The van der Waals surface area contributed by atoms with E-state index in [1.54, 1.807) is 32.2 Å². The molecular weight excluding hydrogens is 584 g/mol. The molecule has 44 heavy (non-hydrogen) atoms. The lowest BCUT2D eigenvalue weighted by atomic mass is 9.89. The third-order valence-corrected chi connectivity index (χ3v) is 9.71. The van der Waals surface area contributed by atoms with Crippen molar-refractivity contribution in [1.82, 2.24) is 14.5 Å². The topological polar surface area (TPSA) is 91.2 Å². The van der Waals surface area contributed by atoms with Crippen molar-refractivity contribution in [1.29, 1.82) is 0 Å². The maximum absolute atomic E-state index is 14.8. The van der Waals surface area contributed by atoms with Gasteiger partial charge in [-0.2, -0.15) is 0 Å². The molecule has 0 spiro atoms. The fourth-order valence-corrected chi connectivity index (χ4v) is 6.96. The molecule has 0 amide bonds. The second kappa shape index (κ2) is 13.9. The molecule has 10 heteroatoms. The number of hydrogen-bond acceptors (Lipinski definition) is 6. The normalized spacial score (nSPS) is 14.9. The summed E-state index contributed by atoms with van der Waals surface area (Å²) in [6.45, 7) is 4.04. The summed E-state index contributed by atoms with van der Waals surface area (Å²) in [4.78, 5) is 21.1. The van der Waals surface area contributed by atoms with Crippen molar-refractivity contribution in [2.45, 2.75) is 76.8 Å². The van der Waals surface area contributed by atoms with Gasteiger partial charge < -0.3 is 9.30 Å². The van der Waals surface area contributed by atoms with E-state index >= 15 is 0 Å². The van der Waals surface area contributed by atoms with Crippen molar-refractivity contribution in [3.63, 3.8) is 0 Å². The average molecular weight is 622 g/mol. The molecule has 1 atom stereocenters. The van der Waals surface area contributed by atoms with Gasteiger partial charge in [0, 0.05) is 24.0 Å². The second-order valence-electron chi connectivity index (χ2n) is 11.6. The zero-order valence-electron chi connectivity index (χ0n) is 25.0. The molecule has 1 unspecified atom stereocenters. The highest BCUT2D eigenvalue weighted by atomic mass is 32.2. The Morgan fingerprint density at radius 2 is 1.73 bits per heavy atom.